The fourth-order valence-corrected chi connectivity index (χ4v) is 2.73. The van der Waals surface area contributed by atoms with Crippen LogP contribution in [0.2, 0.25) is 0 Å². The molecule has 0 saturated heterocycles. The van der Waals surface area contributed by atoms with Crippen molar-refractivity contribution in [2.24, 2.45) is 0 Å². The number of hydrogen-bond donors (Lipinski definition) is 1. The molecule has 0 spiro atoms. The minimum atomic E-state index is -0.237. The Labute approximate surface area is 89.0 Å². The van der Waals surface area contributed by atoms with Crippen LogP contribution < -0.4 is 5.73 Å². The summed E-state index contributed by atoms with van der Waals surface area (Å²) in [4.78, 5) is 4.91. The first-order valence-electron chi connectivity index (χ1n) is 3.89. The Hall–Kier alpha value is -1.07. The molecule has 0 aliphatic heterocycles. The molecule has 0 radical (unpaired) electrons. The summed E-state index contributed by atoms with van der Waals surface area (Å²) in [6, 6.07) is 6.41. The van der Waals surface area contributed by atoms with Crippen molar-refractivity contribution in [3.8, 4) is 0 Å². The van der Waals surface area contributed by atoms with Gasteiger partial charge in [-0.25, -0.2) is 9.37 Å². The number of nitrogens with two attached hydrogens (primary N) is 1. The maximum absolute atomic E-state index is 12.8. The van der Waals surface area contributed by atoms with Crippen molar-refractivity contribution in [2.75, 3.05) is 5.73 Å². The van der Waals surface area contributed by atoms with Gasteiger partial charge < -0.3 is 5.73 Å². The number of halogens is 1. The second-order valence-electron chi connectivity index (χ2n) is 2.59. The second kappa shape index (κ2) is 3.98. The lowest BCUT2D eigenvalue weighted by atomic mass is 10.4. The summed E-state index contributed by atoms with van der Waals surface area (Å²) in [6.07, 6.45) is 1.60. The van der Waals surface area contributed by atoms with Crippen molar-refractivity contribution in [2.45, 2.75) is 9.24 Å². The first-order valence-corrected chi connectivity index (χ1v) is 5.52. The van der Waals surface area contributed by atoms with E-state index in [9.17, 15) is 4.39 Å². The molecule has 0 atom stereocenters. The molecule has 1 aromatic heterocycles. The molecule has 2 N–H and O–H groups in total. The summed E-state index contributed by atoms with van der Waals surface area (Å²) in [7, 11) is 0. The number of hydrogen-bond acceptors (Lipinski definition) is 4. The van der Waals surface area contributed by atoms with E-state index in [0.717, 1.165) is 9.24 Å². The molecule has 72 valence electrons. The third-order valence-electron chi connectivity index (χ3n) is 1.50. The van der Waals surface area contributed by atoms with Crippen LogP contribution in [0.4, 0.5) is 9.39 Å². The first-order chi connectivity index (χ1) is 6.74. The monoisotopic (exact) mass is 226 g/mol. The van der Waals surface area contributed by atoms with Gasteiger partial charge in [0.2, 0.25) is 0 Å². The van der Waals surface area contributed by atoms with Crippen molar-refractivity contribution < 1.29 is 4.39 Å². The quantitative estimate of drug-likeness (QED) is 0.855. The van der Waals surface area contributed by atoms with Gasteiger partial charge in [0, 0.05) is 4.90 Å². The van der Waals surface area contributed by atoms with Gasteiger partial charge >= 0.3 is 0 Å². The zero-order valence-corrected chi connectivity index (χ0v) is 8.74. The van der Waals surface area contributed by atoms with Crippen LogP contribution >= 0.6 is 23.1 Å². The Morgan fingerprint density at radius 1 is 1.43 bits per heavy atom. The number of benzene rings is 1. The fourth-order valence-electron chi connectivity index (χ4n) is 0.948. The van der Waals surface area contributed by atoms with E-state index in [1.54, 1.807) is 12.3 Å². The Bertz CT molecular complexity index is 442. The van der Waals surface area contributed by atoms with Crippen LogP contribution in [0, 0.1) is 5.82 Å². The second-order valence-corrected chi connectivity index (χ2v) is 4.97. The summed E-state index contributed by atoms with van der Waals surface area (Å²) in [5.74, 6) is -0.237. The molecule has 1 heterocycles. The lowest BCUT2D eigenvalue weighted by molar-refractivity contribution is 0.624. The normalized spacial score (nSPS) is 10.4. The van der Waals surface area contributed by atoms with Crippen LogP contribution in [0.15, 0.2) is 39.7 Å². The van der Waals surface area contributed by atoms with Crippen molar-refractivity contribution in [1.29, 1.82) is 0 Å². The van der Waals surface area contributed by atoms with Crippen LogP contribution in [0.5, 0.6) is 0 Å². The standard InChI is InChI=1S/C9H7FN2S2/c10-6-2-1-3-7(4-6)13-9-12-5-8(11)14-9/h1-5H,11H2. The van der Waals surface area contributed by atoms with Crippen LogP contribution in [0.25, 0.3) is 0 Å². The minimum absolute atomic E-state index is 0.237. The fraction of sp³-hybridized carbons (Fsp3) is 0. The first kappa shape index (κ1) is 9.48. The number of thiazole rings is 1. The van der Waals surface area contributed by atoms with Crippen molar-refractivity contribution in [1.82, 2.24) is 4.98 Å². The third kappa shape index (κ3) is 2.24. The molecule has 1 aromatic carbocycles. The molecule has 0 fully saturated rings. The molecule has 0 bridgehead atoms. The summed E-state index contributed by atoms with van der Waals surface area (Å²) in [6.45, 7) is 0. The van der Waals surface area contributed by atoms with Gasteiger partial charge in [-0.1, -0.05) is 29.2 Å². The van der Waals surface area contributed by atoms with Gasteiger partial charge in [-0.05, 0) is 18.2 Å². The van der Waals surface area contributed by atoms with Crippen LogP contribution in [0.1, 0.15) is 0 Å². The summed E-state index contributed by atoms with van der Waals surface area (Å²) >= 11 is 2.81. The lowest BCUT2D eigenvalue weighted by Crippen LogP contribution is -1.74. The summed E-state index contributed by atoms with van der Waals surface area (Å²) < 4.78 is 13.6. The van der Waals surface area contributed by atoms with Gasteiger partial charge in [-0.15, -0.1) is 0 Å². The Morgan fingerprint density at radius 2 is 2.29 bits per heavy atom. The molecular weight excluding hydrogens is 219 g/mol. The SMILES string of the molecule is Nc1cnc(Sc2cccc(F)c2)s1. The third-order valence-corrected chi connectivity index (χ3v) is 3.39. The highest BCUT2D eigenvalue weighted by Crippen LogP contribution is 2.32. The molecule has 0 aliphatic carbocycles. The van der Waals surface area contributed by atoms with Crippen molar-refractivity contribution >= 4 is 28.1 Å². The maximum atomic E-state index is 12.8. The lowest BCUT2D eigenvalue weighted by Gasteiger charge is -1.96. The molecule has 14 heavy (non-hydrogen) atoms. The van der Waals surface area contributed by atoms with Gasteiger partial charge in [-0.3, -0.25) is 0 Å². The van der Waals surface area contributed by atoms with Crippen molar-refractivity contribution in [3.63, 3.8) is 0 Å². The Kier molecular flexibility index (Phi) is 2.69. The molecule has 2 aromatic rings. The molecular formula is C9H7FN2S2. The Balaban J connectivity index is 2.18. The number of nitrogen functional groups attached to an aromatic ring is 1. The highest BCUT2D eigenvalue weighted by Gasteiger charge is 2.02. The van der Waals surface area contributed by atoms with E-state index in [-0.39, 0.29) is 5.82 Å². The molecule has 0 unspecified atom stereocenters. The maximum Gasteiger partial charge on any atom is 0.156 e. The van der Waals surface area contributed by atoms with E-state index in [1.165, 1.54) is 35.2 Å². The largest absolute Gasteiger partial charge is 0.389 e. The van der Waals surface area contributed by atoms with Crippen molar-refractivity contribution in [3.05, 3.63) is 36.3 Å². The minimum Gasteiger partial charge on any atom is -0.389 e. The molecule has 2 nitrogen and oxygen atoms in total. The van der Waals surface area contributed by atoms with E-state index >= 15 is 0 Å². The van der Waals surface area contributed by atoms with E-state index < -0.39 is 0 Å². The van der Waals surface area contributed by atoms with Crippen LogP contribution in [0.3, 0.4) is 0 Å². The number of rotatable bonds is 2. The van der Waals surface area contributed by atoms with Gasteiger partial charge in [0.15, 0.2) is 4.34 Å². The zero-order chi connectivity index (χ0) is 9.97. The number of anilines is 1. The van der Waals surface area contributed by atoms with Gasteiger partial charge in [0.25, 0.3) is 0 Å². The molecule has 0 amide bonds. The predicted octanol–water partition coefficient (Wildman–Crippen LogP) is 3.02. The predicted molar refractivity (Wildman–Crippen MR) is 57.0 cm³/mol. The highest BCUT2D eigenvalue weighted by molar-refractivity contribution is 8.01. The molecule has 5 heteroatoms. The van der Waals surface area contributed by atoms with Crippen LogP contribution in [-0.2, 0) is 0 Å². The van der Waals surface area contributed by atoms with E-state index in [1.807, 2.05) is 6.07 Å². The topological polar surface area (TPSA) is 38.9 Å². The van der Waals surface area contributed by atoms with Gasteiger partial charge in [0.05, 0.1) is 6.20 Å². The van der Waals surface area contributed by atoms with E-state index in [4.69, 9.17) is 5.73 Å². The van der Waals surface area contributed by atoms with Gasteiger partial charge in [-0.2, -0.15) is 0 Å². The molecule has 0 aliphatic rings. The smallest absolute Gasteiger partial charge is 0.156 e. The average molecular weight is 226 g/mol. The summed E-state index contributed by atoms with van der Waals surface area (Å²) in [5.41, 5.74) is 5.53. The average Bonchev–Trinajstić information content (AvgIpc) is 2.51. The van der Waals surface area contributed by atoms with E-state index in [0.29, 0.717) is 5.00 Å². The summed E-state index contributed by atoms with van der Waals surface area (Å²) in [5, 5.41) is 0.670. The van der Waals surface area contributed by atoms with Gasteiger partial charge in [0.1, 0.15) is 10.8 Å². The van der Waals surface area contributed by atoms with Crippen LogP contribution in [-0.4, -0.2) is 4.98 Å². The molecule has 0 saturated carbocycles. The number of nitrogens with zero attached hydrogens (tertiary/aromatic N) is 1. The molecule has 2 rings (SSSR count). The van der Waals surface area contributed by atoms with E-state index in [2.05, 4.69) is 4.98 Å². The highest BCUT2D eigenvalue weighted by atomic mass is 32.2. The Morgan fingerprint density at radius 3 is 2.93 bits per heavy atom. The zero-order valence-electron chi connectivity index (χ0n) is 7.11. The number of aromatic nitrogens is 1.